The van der Waals surface area contributed by atoms with Crippen LogP contribution in [0.1, 0.15) is 11.1 Å². The zero-order valence-corrected chi connectivity index (χ0v) is 14.2. The molecule has 0 aliphatic carbocycles. The van der Waals surface area contributed by atoms with E-state index < -0.39 is 0 Å². The number of nitrogens with zero attached hydrogens (tertiary/aromatic N) is 1. The Kier molecular flexibility index (Phi) is 5.11. The molecule has 1 aliphatic rings. The second kappa shape index (κ2) is 7.45. The number of benzene rings is 2. The lowest BCUT2D eigenvalue weighted by atomic mass is 10.2. The highest BCUT2D eigenvalue weighted by molar-refractivity contribution is 6.31. The highest BCUT2D eigenvalue weighted by Crippen LogP contribution is 2.30. The number of ether oxygens (including phenoxy) is 2. The van der Waals surface area contributed by atoms with Crippen LogP contribution in [0.2, 0.25) is 5.02 Å². The van der Waals surface area contributed by atoms with E-state index in [2.05, 4.69) is 5.32 Å². The fourth-order valence-electron chi connectivity index (χ4n) is 2.46. The Bertz CT molecular complexity index is 736. The highest BCUT2D eigenvalue weighted by atomic mass is 35.5. The molecular weight excluding hydrogens is 328 g/mol. The predicted molar refractivity (Wildman–Crippen MR) is 92.6 cm³/mol. The van der Waals surface area contributed by atoms with E-state index in [-0.39, 0.29) is 6.03 Å². The average molecular weight is 347 g/mol. The molecule has 2 amide bonds. The van der Waals surface area contributed by atoms with Gasteiger partial charge in [-0.25, -0.2) is 4.79 Å². The van der Waals surface area contributed by atoms with Crippen LogP contribution >= 0.6 is 11.6 Å². The summed E-state index contributed by atoms with van der Waals surface area (Å²) in [7, 11) is 1.74. The topological polar surface area (TPSA) is 50.8 Å². The van der Waals surface area contributed by atoms with E-state index in [4.69, 9.17) is 21.1 Å². The Morgan fingerprint density at radius 1 is 1.17 bits per heavy atom. The maximum Gasteiger partial charge on any atom is 0.317 e. The average Bonchev–Trinajstić information content (AvgIpc) is 2.61. The van der Waals surface area contributed by atoms with Crippen LogP contribution in [0.3, 0.4) is 0 Å². The number of hydrogen-bond donors (Lipinski definition) is 1. The van der Waals surface area contributed by atoms with Gasteiger partial charge in [-0.3, -0.25) is 0 Å². The summed E-state index contributed by atoms with van der Waals surface area (Å²) in [5, 5.41) is 3.55. The van der Waals surface area contributed by atoms with Crippen molar-refractivity contribution in [3.05, 3.63) is 58.6 Å². The first-order valence-electron chi connectivity index (χ1n) is 7.74. The molecule has 1 aliphatic heterocycles. The van der Waals surface area contributed by atoms with Gasteiger partial charge < -0.3 is 19.7 Å². The lowest BCUT2D eigenvalue weighted by Gasteiger charge is -2.20. The summed E-state index contributed by atoms with van der Waals surface area (Å²) in [6.45, 7) is 1.98. The number of rotatable bonds is 4. The summed E-state index contributed by atoms with van der Waals surface area (Å²) < 4.78 is 11.0. The Labute approximate surface area is 146 Å². The van der Waals surface area contributed by atoms with Gasteiger partial charge in [-0.2, -0.15) is 0 Å². The number of urea groups is 1. The minimum absolute atomic E-state index is 0.162. The largest absolute Gasteiger partial charge is 0.486 e. The van der Waals surface area contributed by atoms with Gasteiger partial charge in [-0.1, -0.05) is 35.9 Å². The summed E-state index contributed by atoms with van der Waals surface area (Å²) in [6.07, 6.45) is 0. The summed E-state index contributed by atoms with van der Waals surface area (Å²) in [5.74, 6) is 1.46. The monoisotopic (exact) mass is 346 g/mol. The fraction of sp³-hybridized carbons (Fsp3) is 0.278. The van der Waals surface area contributed by atoms with E-state index in [1.807, 2.05) is 42.5 Å². The number of hydrogen-bond acceptors (Lipinski definition) is 3. The van der Waals surface area contributed by atoms with E-state index in [0.29, 0.717) is 31.3 Å². The van der Waals surface area contributed by atoms with Crippen molar-refractivity contribution in [2.75, 3.05) is 20.3 Å². The first-order chi connectivity index (χ1) is 11.6. The molecule has 1 heterocycles. The quantitative estimate of drug-likeness (QED) is 0.922. The van der Waals surface area contributed by atoms with Gasteiger partial charge in [-0.15, -0.1) is 0 Å². The van der Waals surface area contributed by atoms with Crippen LogP contribution in [-0.4, -0.2) is 31.2 Å². The number of nitrogens with one attached hydrogen (secondary N) is 1. The van der Waals surface area contributed by atoms with Crippen molar-refractivity contribution in [3.63, 3.8) is 0 Å². The molecule has 24 heavy (non-hydrogen) atoms. The molecule has 0 saturated carbocycles. The molecule has 6 heteroatoms. The van der Waals surface area contributed by atoms with Gasteiger partial charge in [0.15, 0.2) is 11.5 Å². The van der Waals surface area contributed by atoms with Gasteiger partial charge in [0, 0.05) is 25.2 Å². The van der Waals surface area contributed by atoms with Crippen LogP contribution in [0, 0.1) is 0 Å². The molecule has 0 unspecified atom stereocenters. The maximum absolute atomic E-state index is 12.2. The van der Waals surface area contributed by atoms with E-state index >= 15 is 0 Å². The summed E-state index contributed by atoms with van der Waals surface area (Å²) in [4.78, 5) is 13.8. The van der Waals surface area contributed by atoms with Gasteiger partial charge in [0.2, 0.25) is 0 Å². The van der Waals surface area contributed by atoms with E-state index in [1.54, 1.807) is 11.9 Å². The van der Waals surface area contributed by atoms with Gasteiger partial charge in [-0.05, 0) is 29.3 Å². The van der Waals surface area contributed by atoms with Gasteiger partial charge >= 0.3 is 6.03 Å². The standard InChI is InChI=1S/C18H19ClN2O3/c1-21(12-14-4-2-3-5-15(14)19)18(22)20-11-13-6-7-16-17(10-13)24-9-8-23-16/h2-7,10H,8-9,11-12H2,1H3,(H,20,22). The zero-order valence-electron chi connectivity index (χ0n) is 13.4. The second-order valence-electron chi connectivity index (χ2n) is 5.58. The molecule has 0 atom stereocenters. The number of fused-ring (bicyclic) bond motifs is 1. The number of amides is 2. The summed E-state index contributed by atoms with van der Waals surface area (Å²) >= 11 is 6.13. The SMILES string of the molecule is CN(Cc1ccccc1Cl)C(=O)NCc1ccc2c(c1)OCCO2. The molecule has 0 spiro atoms. The molecule has 0 bridgehead atoms. The predicted octanol–water partition coefficient (Wildman–Crippen LogP) is 3.45. The Morgan fingerprint density at radius 3 is 2.71 bits per heavy atom. The minimum atomic E-state index is -0.162. The molecule has 3 rings (SSSR count). The third kappa shape index (κ3) is 3.92. The Morgan fingerprint density at radius 2 is 1.92 bits per heavy atom. The molecule has 0 saturated heterocycles. The Balaban J connectivity index is 1.56. The third-order valence-electron chi connectivity index (χ3n) is 3.76. The second-order valence-corrected chi connectivity index (χ2v) is 5.99. The molecule has 1 N–H and O–H groups in total. The van der Waals surface area contributed by atoms with Crippen LogP contribution in [0.4, 0.5) is 4.79 Å². The first-order valence-corrected chi connectivity index (χ1v) is 8.12. The first kappa shape index (κ1) is 16.5. The van der Waals surface area contributed by atoms with Crippen molar-refractivity contribution < 1.29 is 14.3 Å². The lowest BCUT2D eigenvalue weighted by Crippen LogP contribution is -2.36. The fourth-order valence-corrected chi connectivity index (χ4v) is 2.66. The summed E-state index contributed by atoms with van der Waals surface area (Å²) in [6, 6.07) is 13.0. The maximum atomic E-state index is 12.2. The molecule has 2 aromatic rings. The van der Waals surface area contributed by atoms with Crippen LogP contribution in [0.15, 0.2) is 42.5 Å². The molecule has 0 radical (unpaired) electrons. The smallest absolute Gasteiger partial charge is 0.317 e. The normalized spacial score (nSPS) is 12.6. The number of halogens is 1. The van der Waals surface area contributed by atoms with Crippen molar-refractivity contribution in [2.24, 2.45) is 0 Å². The van der Waals surface area contributed by atoms with Crippen molar-refractivity contribution in [2.45, 2.75) is 13.1 Å². The molecule has 2 aromatic carbocycles. The highest BCUT2D eigenvalue weighted by Gasteiger charge is 2.13. The molecule has 126 valence electrons. The van der Waals surface area contributed by atoms with E-state index in [1.165, 1.54) is 0 Å². The van der Waals surface area contributed by atoms with Crippen LogP contribution in [0.5, 0.6) is 11.5 Å². The van der Waals surface area contributed by atoms with Crippen molar-refractivity contribution in [1.29, 1.82) is 0 Å². The van der Waals surface area contributed by atoms with Crippen LogP contribution in [0.25, 0.3) is 0 Å². The van der Waals surface area contributed by atoms with Crippen LogP contribution < -0.4 is 14.8 Å². The van der Waals surface area contributed by atoms with Gasteiger partial charge in [0.05, 0.1) is 0 Å². The summed E-state index contributed by atoms with van der Waals surface area (Å²) in [5.41, 5.74) is 1.87. The van der Waals surface area contributed by atoms with E-state index in [9.17, 15) is 4.79 Å². The lowest BCUT2D eigenvalue weighted by molar-refractivity contribution is 0.171. The van der Waals surface area contributed by atoms with Crippen molar-refractivity contribution in [3.8, 4) is 11.5 Å². The zero-order chi connectivity index (χ0) is 16.9. The molecule has 0 aromatic heterocycles. The van der Waals surface area contributed by atoms with E-state index in [0.717, 1.165) is 22.6 Å². The van der Waals surface area contributed by atoms with Gasteiger partial charge in [0.1, 0.15) is 13.2 Å². The van der Waals surface area contributed by atoms with Crippen molar-refractivity contribution >= 4 is 17.6 Å². The molecule has 0 fully saturated rings. The number of carbonyl (C=O) groups is 1. The van der Waals surface area contributed by atoms with Crippen molar-refractivity contribution in [1.82, 2.24) is 10.2 Å². The van der Waals surface area contributed by atoms with Crippen LogP contribution in [-0.2, 0) is 13.1 Å². The third-order valence-corrected chi connectivity index (χ3v) is 4.13. The molecular formula is C18H19ClN2O3. The minimum Gasteiger partial charge on any atom is -0.486 e. The van der Waals surface area contributed by atoms with Gasteiger partial charge in [0.25, 0.3) is 0 Å². The molecule has 5 nitrogen and oxygen atoms in total. The Hall–Kier alpha value is -2.40. The number of carbonyl (C=O) groups excluding carboxylic acids is 1.